The van der Waals surface area contributed by atoms with Crippen LogP contribution in [-0.2, 0) is 11.3 Å². The summed E-state index contributed by atoms with van der Waals surface area (Å²) in [4.78, 5) is 4.58. The first kappa shape index (κ1) is 19.1. The van der Waals surface area contributed by atoms with Gasteiger partial charge in [-0.25, -0.2) is 9.61 Å². The van der Waals surface area contributed by atoms with Gasteiger partial charge < -0.3 is 20.2 Å². The summed E-state index contributed by atoms with van der Waals surface area (Å²) < 4.78 is 10.8. The van der Waals surface area contributed by atoms with Crippen molar-refractivity contribution in [1.82, 2.24) is 19.9 Å². The van der Waals surface area contributed by atoms with Crippen LogP contribution in [0.5, 0.6) is 0 Å². The number of imidazole rings is 1. The maximum absolute atomic E-state index is 9.51. The molecule has 9 heteroatoms. The Kier molecular flexibility index (Phi) is 5.97. The van der Waals surface area contributed by atoms with E-state index in [1.807, 2.05) is 59.2 Å². The van der Waals surface area contributed by atoms with Crippen LogP contribution < -0.4 is 5.73 Å². The van der Waals surface area contributed by atoms with Crippen LogP contribution in [0.2, 0.25) is 0 Å². The minimum atomic E-state index is 0.152. The highest BCUT2D eigenvalue weighted by Crippen LogP contribution is 2.27. The predicted molar refractivity (Wildman–Crippen MR) is 105 cm³/mol. The molecule has 2 aromatic carbocycles. The molecule has 0 aliphatic heterocycles. The highest BCUT2D eigenvalue weighted by molar-refractivity contribution is 6.01. The molecular formula is C19H20N6O3. The van der Waals surface area contributed by atoms with Crippen LogP contribution in [0.3, 0.4) is 0 Å². The van der Waals surface area contributed by atoms with Crippen molar-refractivity contribution in [3.8, 4) is 11.5 Å². The summed E-state index contributed by atoms with van der Waals surface area (Å²) in [5.74, 6) is 0.649. The third-order valence-corrected chi connectivity index (χ3v) is 3.92. The Balaban J connectivity index is 0.000000706. The molecule has 0 amide bonds. The van der Waals surface area contributed by atoms with E-state index in [9.17, 15) is 5.21 Å². The van der Waals surface area contributed by atoms with E-state index in [-0.39, 0.29) is 12.4 Å². The maximum atomic E-state index is 9.51. The second kappa shape index (κ2) is 8.78. The summed E-state index contributed by atoms with van der Waals surface area (Å²) in [6, 6.07) is 17.0. The Labute approximate surface area is 161 Å². The number of methoxy groups -OCH3 is 1. The van der Waals surface area contributed by atoms with Crippen molar-refractivity contribution < 1.29 is 14.6 Å². The zero-order valence-electron chi connectivity index (χ0n) is 15.5. The number of benzene rings is 2. The number of nitrogens with two attached hydrogens (primary N) is 1. The van der Waals surface area contributed by atoms with Gasteiger partial charge in [-0.2, -0.15) is 0 Å². The molecule has 4 aromatic rings. The van der Waals surface area contributed by atoms with Gasteiger partial charge in [0.2, 0.25) is 0 Å². The molecule has 0 unspecified atom stereocenters. The molecule has 9 nitrogen and oxygen atoms in total. The number of ether oxygens (including phenoxy) is 1. The topological polar surface area (TPSA) is 125 Å². The lowest BCUT2D eigenvalue weighted by Gasteiger charge is -2.09. The second-order valence-electron chi connectivity index (χ2n) is 5.83. The highest BCUT2D eigenvalue weighted by Gasteiger charge is 2.20. The van der Waals surface area contributed by atoms with Crippen LogP contribution in [0.15, 0.2) is 64.4 Å². The van der Waals surface area contributed by atoms with E-state index in [2.05, 4.69) is 25.2 Å². The largest absolute Gasteiger partial charge is 0.411 e. The van der Waals surface area contributed by atoms with Crippen molar-refractivity contribution in [3.05, 3.63) is 60.2 Å². The fourth-order valence-corrected chi connectivity index (χ4v) is 2.73. The van der Waals surface area contributed by atoms with Crippen molar-refractivity contribution in [3.63, 3.8) is 0 Å². The third-order valence-electron chi connectivity index (χ3n) is 3.92. The van der Waals surface area contributed by atoms with Gasteiger partial charge >= 0.3 is 0 Å². The van der Waals surface area contributed by atoms with E-state index in [0.717, 1.165) is 16.6 Å². The Morgan fingerprint density at radius 1 is 1.11 bits per heavy atom. The molecule has 0 atom stereocenters. The molecule has 0 saturated heterocycles. The summed E-state index contributed by atoms with van der Waals surface area (Å²) in [7, 11) is 3.25. The lowest BCUT2D eigenvalue weighted by Crippen LogP contribution is -2.13. The van der Waals surface area contributed by atoms with Gasteiger partial charge in [-0.3, -0.25) is 0 Å². The van der Waals surface area contributed by atoms with Crippen LogP contribution in [0.25, 0.3) is 22.6 Å². The Morgan fingerprint density at radius 2 is 1.79 bits per heavy atom. The lowest BCUT2D eigenvalue weighted by atomic mass is 10.1. The molecule has 2 heterocycles. The molecule has 0 aliphatic rings. The number of hydrogen-bond acceptors (Lipinski definition) is 8. The van der Waals surface area contributed by atoms with Crippen molar-refractivity contribution >= 4 is 22.6 Å². The molecule has 4 rings (SSSR count). The van der Waals surface area contributed by atoms with Gasteiger partial charge in [0.05, 0.1) is 17.6 Å². The van der Waals surface area contributed by atoms with Gasteiger partial charge in [0.25, 0.3) is 0 Å². The van der Waals surface area contributed by atoms with Crippen molar-refractivity contribution in [2.45, 2.75) is 6.54 Å². The number of nitrogens with zero attached hydrogens (tertiary/aromatic N) is 5. The zero-order valence-corrected chi connectivity index (χ0v) is 15.5. The number of hydrogen-bond donors (Lipinski definition) is 2. The normalized spacial score (nSPS) is 11.3. The molecule has 0 radical (unpaired) electrons. The minimum absolute atomic E-state index is 0.152. The smallest absolute Gasteiger partial charge is 0.199 e. The summed E-state index contributed by atoms with van der Waals surface area (Å²) in [5.41, 5.74) is 9.10. The Hall–Kier alpha value is -3.72. The number of anilines is 1. The Morgan fingerprint density at radius 3 is 2.43 bits per heavy atom. The van der Waals surface area contributed by atoms with Crippen molar-refractivity contribution in [2.24, 2.45) is 5.16 Å². The second-order valence-corrected chi connectivity index (χ2v) is 5.83. The molecule has 0 bridgehead atoms. The van der Waals surface area contributed by atoms with E-state index >= 15 is 0 Å². The standard InChI is InChI=1S/C17H14N6O2.C2H6O/c18-16-15(21-25-22-16)17-19-12-8-4-5-9-14(12)23(17)10-13(20-24)11-6-2-1-3-7-11;1-3-2/h1-9,24H,10H2,(H2,18,22);1-2H3. The Bertz CT molecular complexity index is 1070. The quantitative estimate of drug-likeness (QED) is 0.317. The zero-order chi connectivity index (χ0) is 19.9. The van der Waals surface area contributed by atoms with Gasteiger partial charge in [0, 0.05) is 19.8 Å². The first-order chi connectivity index (χ1) is 13.7. The molecule has 2 aromatic heterocycles. The first-order valence-corrected chi connectivity index (χ1v) is 8.39. The minimum Gasteiger partial charge on any atom is -0.411 e. The van der Waals surface area contributed by atoms with E-state index < -0.39 is 0 Å². The van der Waals surface area contributed by atoms with Gasteiger partial charge in [0.1, 0.15) is 5.71 Å². The highest BCUT2D eigenvalue weighted by atomic mass is 16.6. The monoisotopic (exact) mass is 380 g/mol. The first-order valence-electron chi connectivity index (χ1n) is 8.39. The third kappa shape index (κ3) is 3.84. The molecule has 28 heavy (non-hydrogen) atoms. The van der Waals surface area contributed by atoms with Crippen LogP contribution in [0.4, 0.5) is 5.82 Å². The number of oxime groups is 1. The molecule has 144 valence electrons. The number of fused-ring (bicyclic) bond motifs is 1. The van der Waals surface area contributed by atoms with Gasteiger partial charge in [-0.05, 0) is 22.4 Å². The summed E-state index contributed by atoms with van der Waals surface area (Å²) >= 11 is 0. The number of para-hydroxylation sites is 2. The van der Waals surface area contributed by atoms with E-state index in [1.54, 1.807) is 14.2 Å². The summed E-state index contributed by atoms with van der Waals surface area (Å²) in [6.45, 7) is 0.280. The summed E-state index contributed by atoms with van der Waals surface area (Å²) in [6.07, 6.45) is 0. The van der Waals surface area contributed by atoms with E-state index in [1.165, 1.54) is 0 Å². The van der Waals surface area contributed by atoms with Crippen LogP contribution in [-0.4, -0.2) is 45.0 Å². The van der Waals surface area contributed by atoms with Crippen molar-refractivity contribution in [2.75, 3.05) is 20.0 Å². The summed E-state index contributed by atoms with van der Waals surface area (Å²) in [5, 5.41) is 20.4. The lowest BCUT2D eigenvalue weighted by molar-refractivity contribution is 0.277. The van der Waals surface area contributed by atoms with Crippen LogP contribution in [0, 0.1) is 0 Å². The van der Waals surface area contributed by atoms with Crippen LogP contribution >= 0.6 is 0 Å². The van der Waals surface area contributed by atoms with Gasteiger partial charge in [-0.1, -0.05) is 47.6 Å². The molecule has 0 spiro atoms. The molecule has 0 fully saturated rings. The fourth-order valence-electron chi connectivity index (χ4n) is 2.73. The molecule has 0 aliphatic carbocycles. The number of aromatic nitrogens is 4. The van der Waals surface area contributed by atoms with E-state index in [4.69, 9.17) is 10.4 Å². The van der Waals surface area contributed by atoms with Crippen LogP contribution in [0.1, 0.15) is 5.56 Å². The fraction of sp³-hybridized carbons (Fsp3) is 0.158. The number of rotatable bonds is 4. The SMILES string of the molecule is COC.Nc1nonc1-c1nc2ccccc2n1CC(=NO)c1ccccc1. The molecule has 3 N–H and O–H groups in total. The maximum Gasteiger partial charge on any atom is 0.199 e. The van der Waals surface area contributed by atoms with E-state index in [0.29, 0.717) is 17.2 Å². The average molecular weight is 380 g/mol. The van der Waals surface area contributed by atoms with Gasteiger partial charge in [0.15, 0.2) is 17.3 Å². The van der Waals surface area contributed by atoms with Crippen molar-refractivity contribution in [1.29, 1.82) is 0 Å². The number of nitrogen functional groups attached to an aromatic ring is 1. The average Bonchev–Trinajstić information content (AvgIpc) is 3.30. The molecular weight excluding hydrogens is 360 g/mol. The molecule has 0 saturated carbocycles. The van der Waals surface area contributed by atoms with Gasteiger partial charge in [-0.15, -0.1) is 0 Å². The predicted octanol–water partition coefficient (Wildman–Crippen LogP) is 2.81.